The van der Waals surface area contributed by atoms with Crippen molar-refractivity contribution in [1.29, 1.82) is 0 Å². The number of rotatable bonds is 5. The highest BCUT2D eigenvalue weighted by atomic mass is 16.5. The lowest BCUT2D eigenvalue weighted by Crippen LogP contribution is -2.45. The van der Waals surface area contributed by atoms with Crippen LogP contribution in [0.1, 0.15) is 24.4 Å². The monoisotopic (exact) mass is 292 g/mol. The normalized spacial score (nSPS) is 21.0. The average Bonchev–Trinajstić information content (AvgIpc) is 3.34. The molecule has 1 heterocycles. The van der Waals surface area contributed by atoms with Crippen LogP contribution in [0.3, 0.4) is 0 Å². The molecule has 0 radical (unpaired) electrons. The van der Waals surface area contributed by atoms with E-state index in [9.17, 15) is 5.11 Å². The van der Waals surface area contributed by atoms with E-state index in [0.717, 1.165) is 43.2 Å². The second-order valence-electron chi connectivity index (χ2n) is 5.83. The fraction of sp³-hybridized carbons (Fsp3) is 0.625. The average molecular weight is 292 g/mol. The van der Waals surface area contributed by atoms with Gasteiger partial charge in [-0.15, -0.1) is 0 Å². The Morgan fingerprint density at radius 2 is 1.71 bits per heavy atom. The molecule has 2 fully saturated rings. The molecule has 1 aliphatic carbocycles. The number of methoxy groups -OCH3 is 2. The standard InChI is InChI=1S/C16H24N2O3/c1-20-13-9-12(19)10-14(21-2)15(13)16(11-3-4-11)18-7-5-17-6-8-18/h9-11,16-17,19H,3-8H2,1-2H3/t16-/m1/s1. The summed E-state index contributed by atoms with van der Waals surface area (Å²) in [6.07, 6.45) is 2.50. The fourth-order valence-electron chi connectivity index (χ4n) is 3.31. The number of nitrogens with one attached hydrogen (secondary N) is 1. The maximum Gasteiger partial charge on any atom is 0.131 e. The summed E-state index contributed by atoms with van der Waals surface area (Å²) in [5, 5.41) is 13.2. The molecule has 1 aromatic rings. The van der Waals surface area contributed by atoms with Crippen LogP contribution in [0.2, 0.25) is 0 Å². The fourth-order valence-corrected chi connectivity index (χ4v) is 3.31. The maximum atomic E-state index is 9.84. The minimum atomic E-state index is 0.183. The highest BCUT2D eigenvalue weighted by Gasteiger charge is 2.40. The molecule has 1 atom stereocenters. The molecule has 1 aliphatic heterocycles. The van der Waals surface area contributed by atoms with Gasteiger partial charge < -0.3 is 19.9 Å². The topological polar surface area (TPSA) is 54.0 Å². The largest absolute Gasteiger partial charge is 0.508 e. The molecule has 0 aromatic heterocycles. The number of aromatic hydroxyl groups is 1. The summed E-state index contributed by atoms with van der Waals surface area (Å²) in [5.74, 6) is 2.29. The molecule has 2 N–H and O–H groups in total. The first-order valence-electron chi connectivity index (χ1n) is 7.64. The molecule has 0 unspecified atom stereocenters. The van der Waals surface area contributed by atoms with E-state index in [1.54, 1.807) is 26.4 Å². The Morgan fingerprint density at radius 1 is 1.14 bits per heavy atom. The van der Waals surface area contributed by atoms with Crippen molar-refractivity contribution in [3.8, 4) is 17.2 Å². The molecular weight excluding hydrogens is 268 g/mol. The highest BCUT2D eigenvalue weighted by Crippen LogP contribution is 2.50. The third-order valence-corrected chi connectivity index (χ3v) is 4.44. The van der Waals surface area contributed by atoms with Crippen molar-refractivity contribution < 1.29 is 14.6 Å². The summed E-state index contributed by atoms with van der Waals surface area (Å²) in [7, 11) is 3.30. The molecule has 0 amide bonds. The van der Waals surface area contributed by atoms with Crippen molar-refractivity contribution in [3.63, 3.8) is 0 Å². The first-order valence-corrected chi connectivity index (χ1v) is 7.64. The predicted molar refractivity (Wildman–Crippen MR) is 81.1 cm³/mol. The van der Waals surface area contributed by atoms with E-state index in [4.69, 9.17) is 9.47 Å². The van der Waals surface area contributed by atoms with Gasteiger partial charge in [-0.1, -0.05) is 0 Å². The number of ether oxygens (including phenoxy) is 2. The van der Waals surface area contributed by atoms with Crippen molar-refractivity contribution >= 4 is 0 Å². The van der Waals surface area contributed by atoms with Crippen LogP contribution in [0.15, 0.2) is 12.1 Å². The quantitative estimate of drug-likeness (QED) is 0.866. The van der Waals surface area contributed by atoms with Gasteiger partial charge in [-0.3, -0.25) is 4.90 Å². The van der Waals surface area contributed by atoms with Crippen molar-refractivity contribution in [2.24, 2.45) is 5.92 Å². The van der Waals surface area contributed by atoms with Crippen LogP contribution < -0.4 is 14.8 Å². The highest BCUT2D eigenvalue weighted by molar-refractivity contribution is 5.52. The molecule has 2 aliphatic rings. The number of hydrogen-bond acceptors (Lipinski definition) is 5. The summed E-state index contributed by atoms with van der Waals surface area (Å²) in [6, 6.07) is 3.70. The lowest BCUT2D eigenvalue weighted by molar-refractivity contribution is 0.150. The third kappa shape index (κ3) is 2.94. The van der Waals surface area contributed by atoms with Gasteiger partial charge in [0.15, 0.2) is 0 Å². The summed E-state index contributed by atoms with van der Waals surface area (Å²) in [4.78, 5) is 2.52. The Hall–Kier alpha value is -1.46. The molecule has 5 nitrogen and oxygen atoms in total. The number of phenolic OH excluding ortho intramolecular Hbond substituents is 1. The molecular formula is C16H24N2O3. The van der Waals surface area contributed by atoms with Gasteiger partial charge in [0, 0.05) is 44.4 Å². The van der Waals surface area contributed by atoms with E-state index in [-0.39, 0.29) is 5.75 Å². The lowest BCUT2D eigenvalue weighted by Gasteiger charge is -2.36. The van der Waals surface area contributed by atoms with Crippen LogP contribution >= 0.6 is 0 Å². The van der Waals surface area contributed by atoms with Gasteiger partial charge in [0.05, 0.1) is 19.8 Å². The zero-order chi connectivity index (χ0) is 14.8. The third-order valence-electron chi connectivity index (χ3n) is 4.44. The van der Waals surface area contributed by atoms with Crippen LogP contribution in [0.4, 0.5) is 0 Å². The van der Waals surface area contributed by atoms with Gasteiger partial charge in [0.2, 0.25) is 0 Å². The van der Waals surface area contributed by atoms with Crippen LogP contribution in [-0.2, 0) is 0 Å². The molecule has 1 saturated heterocycles. The zero-order valence-corrected chi connectivity index (χ0v) is 12.8. The van der Waals surface area contributed by atoms with Gasteiger partial charge in [-0.25, -0.2) is 0 Å². The molecule has 1 saturated carbocycles. The minimum absolute atomic E-state index is 0.183. The predicted octanol–water partition coefficient (Wildman–Crippen LogP) is 1.77. The number of nitrogens with zero attached hydrogens (tertiary/aromatic N) is 1. The molecule has 21 heavy (non-hydrogen) atoms. The summed E-state index contributed by atoms with van der Waals surface area (Å²) < 4.78 is 11.1. The van der Waals surface area contributed by atoms with E-state index in [1.807, 2.05) is 0 Å². The summed E-state index contributed by atoms with van der Waals surface area (Å²) >= 11 is 0. The van der Waals surface area contributed by atoms with Crippen LogP contribution in [-0.4, -0.2) is 50.4 Å². The van der Waals surface area contributed by atoms with E-state index in [1.165, 1.54) is 12.8 Å². The van der Waals surface area contributed by atoms with Gasteiger partial charge in [0.25, 0.3) is 0 Å². The second kappa shape index (κ2) is 6.12. The van der Waals surface area contributed by atoms with E-state index < -0.39 is 0 Å². The van der Waals surface area contributed by atoms with Crippen LogP contribution in [0.5, 0.6) is 17.2 Å². The smallest absolute Gasteiger partial charge is 0.131 e. The van der Waals surface area contributed by atoms with Crippen LogP contribution in [0.25, 0.3) is 0 Å². The minimum Gasteiger partial charge on any atom is -0.508 e. The Balaban J connectivity index is 2.01. The van der Waals surface area contributed by atoms with Crippen molar-refractivity contribution in [2.75, 3.05) is 40.4 Å². The first kappa shape index (κ1) is 14.5. The number of benzene rings is 1. The van der Waals surface area contributed by atoms with Crippen molar-refractivity contribution in [2.45, 2.75) is 18.9 Å². The van der Waals surface area contributed by atoms with Gasteiger partial charge in [-0.05, 0) is 18.8 Å². The van der Waals surface area contributed by atoms with Crippen molar-refractivity contribution in [1.82, 2.24) is 10.2 Å². The summed E-state index contributed by atoms with van der Waals surface area (Å²) in [6.45, 7) is 4.11. The summed E-state index contributed by atoms with van der Waals surface area (Å²) in [5.41, 5.74) is 1.09. The van der Waals surface area contributed by atoms with Gasteiger partial charge in [-0.2, -0.15) is 0 Å². The molecule has 0 bridgehead atoms. The van der Waals surface area contributed by atoms with E-state index in [2.05, 4.69) is 10.2 Å². The molecule has 116 valence electrons. The lowest BCUT2D eigenvalue weighted by atomic mass is 9.97. The van der Waals surface area contributed by atoms with E-state index >= 15 is 0 Å². The maximum absolute atomic E-state index is 9.84. The van der Waals surface area contributed by atoms with Crippen LogP contribution in [0, 0.1) is 5.92 Å². The zero-order valence-electron chi connectivity index (χ0n) is 12.8. The van der Waals surface area contributed by atoms with Gasteiger partial charge >= 0.3 is 0 Å². The Bertz CT molecular complexity index is 471. The number of piperazine rings is 1. The molecule has 3 rings (SSSR count). The Kier molecular flexibility index (Phi) is 4.22. The van der Waals surface area contributed by atoms with Crippen molar-refractivity contribution in [3.05, 3.63) is 17.7 Å². The SMILES string of the molecule is COc1cc(O)cc(OC)c1[C@@H](C1CC1)N1CCNCC1. The Morgan fingerprint density at radius 3 is 2.19 bits per heavy atom. The Labute approximate surface area is 125 Å². The first-order chi connectivity index (χ1) is 10.2. The van der Waals surface area contributed by atoms with E-state index in [0.29, 0.717) is 12.0 Å². The molecule has 1 aromatic carbocycles. The second-order valence-corrected chi connectivity index (χ2v) is 5.83. The number of phenols is 1. The molecule has 5 heteroatoms. The molecule has 0 spiro atoms. The van der Waals surface area contributed by atoms with Gasteiger partial charge in [0.1, 0.15) is 17.2 Å². The number of hydrogen-bond donors (Lipinski definition) is 2.